The molecule has 2 aliphatic rings. The predicted octanol–water partition coefficient (Wildman–Crippen LogP) is 4.82. The van der Waals surface area contributed by atoms with Crippen molar-refractivity contribution in [3.05, 3.63) is 94.0 Å². The number of hydrazone groups is 1. The summed E-state index contributed by atoms with van der Waals surface area (Å²) < 4.78 is 16.5. The summed E-state index contributed by atoms with van der Waals surface area (Å²) in [5, 5.41) is 6.71. The van der Waals surface area contributed by atoms with Crippen molar-refractivity contribution in [2.45, 2.75) is 19.4 Å². The molecule has 5 rings (SSSR count). The molecule has 43 heavy (non-hydrogen) atoms. The SMILES string of the molecule is COc1ccc(C2=NN(C(=O)CN(CCN3CCOCC3)C(=O)c3ccccc3Cl)[C@H](c3ccc(C)cc3)C2)c(OC)c1. The summed E-state index contributed by atoms with van der Waals surface area (Å²) in [5.41, 5.74) is 3.95. The molecule has 0 spiro atoms. The Hall–Kier alpha value is -3.92. The maximum absolute atomic E-state index is 14.1. The van der Waals surface area contributed by atoms with Crippen molar-refractivity contribution >= 4 is 29.1 Å². The third kappa shape index (κ3) is 7.18. The van der Waals surface area contributed by atoms with Crippen molar-refractivity contribution in [3.63, 3.8) is 0 Å². The van der Waals surface area contributed by atoms with Gasteiger partial charge in [-0.05, 0) is 36.8 Å². The van der Waals surface area contributed by atoms with Crippen molar-refractivity contribution < 1.29 is 23.8 Å². The summed E-state index contributed by atoms with van der Waals surface area (Å²) in [4.78, 5) is 31.7. The first-order valence-electron chi connectivity index (χ1n) is 14.4. The molecule has 0 saturated carbocycles. The Kier molecular flexibility index (Phi) is 9.97. The first kappa shape index (κ1) is 30.5. The molecule has 2 amide bonds. The van der Waals surface area contributed by atoms with Gasteiger partial charge < -0.3 is 19.1 Å². The van der Waals surface area contributed by atoms with Crippen molar-refractivity contribution in [1.29, 1.82) is 0 Å². The minimum Gasteiger partial charge on any atom is -0.497 e. The Morgan fingerprint density at radius 2 is 1.77 bits per heavy atom. The second-order valence-electron chi connectivity index (χ2n) is 10.6. The predicted molar refractivity (Wildman–Crippen MR) is 166 cm³/mol. The number of carbonyl (C=O) groups excluding carboxylic acids is 2. The third-order valence-electron chi connectivity index (χ3n) is 7.86. The summed E-state index contributed by atoms with van der Waals surface area (Å²) >= 11 is 6.42. The highest BCUT2D eigenvalue weighted by Gasteiger charge is 2.35. The van der Waals surface area contributed by atoms with Gasteiger partial charge in [0.15, 0.2) is 0 Å². The number of aryl methyl sites for hydroxylation is 1. The first-order valence-corrected chi connectivity index (χ1v) is 14.8. The van der Waals surface area contributed by atoms with E-state index in [0.717, 1.165) is 35.5 Å². The van der Waals surface area contributed by atoms with Gasteiger partial charge in [0, 0.05) is 44.2 Å². The molecule has 0 aliphatic carbocycles. The Bertz CT molecular complexity index is 1470. The normalized spacial score (nSPS) is 17.0. The van der Waals surface area contributed by atoms with Crippen LogP contribution in [0.5, 0.6) is 11.5 Å². The zero-order valence-corrected chi connectivity index (χ0v) is 25.5. The number of halogens is 1. The van der Waals surface area contributed by atoms with Crippen LogP contribution in [0.4, 0.5) is 0 Å². The number of methoxy groups -OCH3 is 2. The summed E-state index contributed by atoms with van der Waals surface area (Å²) in [6, 6.07) is 20.2. The molecule has 1 atom stereocenters. The van der Waals surface area contributed by atoms with Gasteiger partial charge in [0.25, 0.3) is 11.8 Å². The molecule has 1 fully saturated rings. The monoisotopic (exact) mass is 604 g/mol. The van der Waals surface area contributed by atoms with Crippen LogP contribution in [0.3, 0.4) is 0 Å². The fraction of sp³-hybridized carbons (Fsp3) is 0.364. The summed E-state index contributed by atoms with van der Waals surface area (Å²) in [6.07, 6.45) is 0.490. The van der Waals surface area contributed by atoms with Gasteiger partial charge in [-0.15, -0.1) is 0 Å². The van der Waals surface area contributed by atoms with Crippen molar-refractivity contribution in [2.24, 2.45) is 5.10 Å². The lowest BCUT2D eigenvalue weighted by Gasteiger charge is -2.31. The number of rotatable bonds is 10. The molecule has 3 aromatic rings. The van der Waals surface area contributed by atoms with Crippen LogP contribution in [-0.4, -0.2) is 92.5 Å². The Morgan fingerprint density at radius 1 is 1.02 bits per heavy atom. The lowest BCUT2D eigenvalue weighted by Crippen LogP contribution is -2.46. The van der Waals surface area contributed by atoms with Crippen molar-refractivity contribution in [1.82, 2.24) is 14.8 Å². The van der Waals surface area contributed by atoms with Crippen LogP contribution in [0.25, 0.3) is 0 Å². The van der Waals surface area contributed by atoms with E-state index in [-0.39, 0.29) is 24.4 Å². The second-order valence-corrected chi connectivity index (χ2v) is 11.0. The standard InChI is InChI=1S/C33H37ClN4O5/c1-23-8-10-24(11-9-23)30-21-29(27-13-12-25(41-2)20-31(27)42-3)35-38(30)32(39)22-37(15-14-36-16-18-43-19-17-36)33(40)26-6-4-5-7-28(26)34/h4-13,20,30H,14-19,21-22H2,1-3H3/t30-/m0/s1. The van der Waals surface area contributed by atoms with E-state index in [4.69, 9.17) is 30.9 Å². The second kappa shape index (κ2) is 14.0. The maximum Gasteiger partial charge on any atom is 0.262 e. The van der Waals surface area contributed by atoms with Gasteiger partial charge >= 0.3 is 0 Å². The molecule has 0 bridgehead atoms. The number of carbonyl (C=O) groups is 2. The zero-order chi connectivity index (χ0) is 30.3. The first-order chi connectivity index (χ1) is 20.9. The molecule has 1 saturated heterocycles. The van der Waals surface area contributed by atoms with Crippen LogP contribution >= 0.6 is 11.6 Å². The minimum atomic E-state index is -0.341. The summed E-state index contributed by atoms with van der Waals surface area (Å²) in [7, 11) is 3.20. The van der Waals surface area contributed by atoms with E-state index >= 15 is 0 Å². The number of morpholine rings is 1. The molecule has 0 aromatic heterocycles. The highest BCUT2D eigenvalue weighted by molar-refractivity contribution is 6.33. The average Bonchev–Trinajstić information content (AvgIpc) is 3.49. The highest BCUT2D eigenvalue weighted by atomic mass is 35.5. The van der Waals surface area contributed by atoms with Gasteiger partial charge in [0.05, 0.1) is 49.8 Å². The van der Waals surface area contributed by atoms with E-state index in [0.29, 0.717) is 54.8 Å². The van der Waals surface area contributed by atoms with Crippen LogP contribution in [0.1, 0.15) is 39.5 Å². The summed E-state index contributed by atoms with van der Waals surface area (Å²) in [5.74, 6) is 0.696. The number of amides is 2. The maximum atomic E-state index is 14.1. The topological polar surface area (TPSA) is 83.9 Å². The van der Waals surface area contributed by atoms with Crippen LogP contribution < -0.4 is 9.47 Å². The number of ether oxygens (including phenoxy) is 3. The fourth-order valence-electron chi connectivity index (χ4n) is 5.37. The molecule has 2 heterocycles. The van der Waals surface area contributed by atoms with Crippen LogP contribution in [0.2, 0.25) is 5.02 Å². The average molecular weight is 605 g/mol. The quantitative estimate of drug-likeness (QED) is 0.330. The van der Waals surface area contributed by atoms with Crippen LogP contribution in [0, 0.1) is 6.92 Å². The Labute approximate surface area is 257 Å². The van der Waals surface area contributed by atoms with E-state index < -0.39 is 0 Å². The molecule has 0 unspecified atom stereocenters. The van der Waals surface area contributed by atoms with E-state index in [2.05, 4.69) is 4.90 Å². The fourth-order valence-corrected chi connectivity index (χ4v) is 5.58. The van der Waals surface area contributed by atoms with E-state index in [1.165, 1.54) is 5.01 Å². The highest BCUT2D eigenvalue weighted by Crippen LogP contribution is 2.36. The summed E-state index contributed by atoms with van der Waals surface area (Å²) in [6.45, 7) is 5.71. The lowest BCUT2D eigenvalue weighted by molar-refractivity contribution is -0.133. The van der Waals surface area contributed by atoms with E-state index in [1.807, 2.05) is 43.3 Å². The molecule has 0 radical (unpaired) electrons. The molecule has 10 heteroatoms. The van der Waals surface area contributed by atoms with E-state index in [9.17, 15) is 9.59 Å². The van der Waals surface area contributed by atoms with Crippen LogP contribution in [0.15, 0.2) is 71.8 Å². The number of hydrogen-bond donors (Lipinski definition) is 0. The zero-order valence-electron chi connectivity index (χ0n) is 24.8. The largest absolute Gasteiger partial charge is 0.497 e. The minimum absolute atomic E-state index is 0.146. The lowest BCUT2D eigenvalue weighted by atomic mass is 9.97. The molecule has 3 aromatic carbocycles. The smallest absolute Gasteiger partial charge is 0.262 e. The Morgan fingerprint density at radius 3 is 2.47 bits per heavy atom. The van der Waals surface area contributed by atoms with Gasteiger partial charge in [-0.3, -0.25) is 14.5 Å². The molecule has 226 valence electrons. The molecule has 0 N–H and O–H groups in total. The van der Waals surface area contributed by atoms with Gasteiger partial charge in [-0.1, -0.05) is 53.6 Å². The molecule has 9 nitrogen and oxygen atoms in total. The van der Waals surface area contributed by atoms with Crippen molar-refractivity contribution in [2.75, 3.05) is 60.2 Å². The molecular formula is C33H37ClN4O5. The molecule has 2 aliphatic heterocycles. The van der Waals surface area contributed by atoms with Crippen LogP contribution in [-0.2, 0) is 9.53 Å². The molecular weight excluding hydrogens is 568 g/mol. The van der Waals surface area contributed by atoms with Gasteiger partial charge in [-0.2, -0.15) is 5.10 Å². The van der Waals surface area contributed by atoms with Gasteiger partial charge in [0.2, 0.25) is 0 Å². The van der Waals surface area contributed by atoms with E-state index in [1.54, 1.807) is 49.5 Å². The number of hydrogen-bond acceptors (Lipinski definition) is 7. The number of nitrogens with zero attached hydrogens (tertiary/aromatic N) is 4. The number of benzene rings is 3. The van der Waals surface area contributed by atoms with Gasteiger partial charge in [-0.25, -0.2) is 5.01 Å². The third-order valence-corrected chi connectivity index (χ3v) is 8.18. The van der Waals surface area contributed by atoms with Gasteiger partial charge in [0.1, 0.15) is 18.0 Å². The van der Waals surface area contributed by atoms with Crippen molar-refractivity contribution in [3.8, 4) is 11.5 Å². The Balaban J connectivity index is 1.45.